The average molecular weight is 411 g/mol. The van der Waals surface area contributed by atoms with E-state index in [2.05, 4.69) is 34.6 Å². The maximum atomic E-state index is 12.1. The van der Waals surface area contributed by atoms with E-state index in [-0.39, 0.29) is 12.5 Å². The SMILES string of the molecule is N#Cc1ccc(OCC(=O)Nc2nc(-c3ccc(-c4ccccc4)cc3)cs2)cc1. The second-order valence-corrected chi connectivity index (χ2v) is 7.31. The minimum absolute atomic E-state index is 0.132. The molecular weight excluding hydrogens is 394 g/mol. The topological polar surface area (TPSA) is 75.0 Å². The molecule has 0 aliphatic rings. The van der Waals surface area contributed by atoms with E-state index in [0.717, 1.165) is 22.4 Å². The summed E-state index contributed by atoms with van der Waals surface area (Å²) in [5.41, 5.74) is 4.64. The molecule has 0 fully saturated rings. The van der Waals surface area contributed by atoms with Crippen LogP contribution in [-0.2, 0) is 4.79 Å². The fourth-order valence-corrected chi connectivity index (χ4v) is 3.59. The number of thiazole rings is 1. The number of carbonyl (C=O) groups excluding carboxylic acids is 1. The van der Waals surface area contributed by atoms with Crippen LogP contribution in [0, 0.1) is 11.3 Å². The molecule has 0 saturated carbocycles. The Balaban J connectivity index is 1.35. The summed E-state index contributed by atoms with van der Waals surface area (Å²) < 4.78 is 5.44. The second-order valence-electron chi connectivity index (χ2n) is 6.45. The Kier molecular flexibility index (Phi) is 5.83. The van der Waals surface area contributed by atoms with Gasteiger partial charge in [-0.3, -0.25) is 10.1 Å². The predicted molar refractivity (Wildman–Crippen MR) is 118 cm³/mol. The molecule has 30 heavy (non-hydrogen) atoms. The third-order valence-corrected chi connectivity index (χ3v) is 5.15. The highest BCUT2D eigenvalue weighted by atomic mass is 32.1. The monoisotopic (exact) mass is 411 g/mol. The number of nitrogens with one attached hydrogen (secondary N) is 1. The van der Waals surface area contributed by atoms with E-state index in [9.17, 15) is 4.79 Å². The minimum Gasteiger partial charge on any atom is -0.484 e. The summed E-state index contributed by atoms with van der Waals surface area (Å²) in [6, 6.07) is 27.0. The Hall–Kier alpha value is -3.95. The Bertz CT molecular complexity index is 1180. The zero-order valence-corrected chi connectivity index (χ0v) is 16.7. The largest absolute Gasteiger partial charge is 0.484 e. The fraction of sp³-hybridized carbons (Fsp3) is 0.0417. The molecule has 0 saturated heterocycles. The van der Waals surface area contributed by atoms with Crippen LogP contribution in [0.2, 0.25) is 0 Å². The zero-order valence-electron chi connectivity index (χ0n) is 15.9. The Labute approximate surface area is 178 Å². The van der Waals surface area contributed by atoms with Crippen LogP contribution in [0.3, 0.4) is 0 Å². The summed E-state index contributed by atoms with van der Waals surface area (Å²) in [5, 5.41) is 14.0. The molecule has 0 aliphatic carbocycles. The molecule has 5 nitrogen and oxygen atoms in total. The van der Waals surface area contributed by atoms with Gasteiger partial charge in [0.05, 0.1) is 17.3 Å². The lowest BCUT2D eigenvalue weighted by molar-refractivity contribution is -0.118. The van der Waals surface area contributed by atoms with Crippen molar-refractivity contribution in [2.24, 2.45) is 0 Å². The normalized spacial score (nSPS) is 10.2. The highest BCUT2D eigenvalue weighted by Crippen LogP contribution is 2.27. The van der Waals surface area contributed by atoms with E-state index in [1.165, 1.54) is 11.3 Å². The molecule has 3 aromatic carbocycles. The van der Waals surface area contributed by atoms with Crippen molar-refractivity contribution in [1.29, 1.82) is 5.26 Å². The summed E-state index contributed by atoms with van der Waals surface area (Å²) in [4.78, 5) is 16.6. The van der Waals surface area contributed by atoms with Crippen LogP contribution in [0.25, 0.3) is 22.4 Å². The molecule has 0 radical (unpaired) electrons. The van der Waals surface area contributed by atoms with Crippen LogP contribution in [-0.4, -0.2) is 17.5 Å². The summed E-state index contributed by atoms with van der Waals surface area (Å²) >= 11 is 1.37. The molecule has 4 rings (SSSR count). The van der Waals surface area contributed by atoms with E-state index >= 15 is 0 Å². The molecule has 0 spiro atoms. The van der Waals surface area contributed by atoms with Crippen molar-refractivity contribution in [2.45, 2.75) is 0 Å². The van der Waals surface area contributed by atoms with Crippen molar-refractivity contribution in [3.05, 3.63) is 89.8 Å². The average Bonchev–Trinajstić information content (AvgIpc) is 3.27. The van der Waals surface area contributed by atoms with Crippen molar-refractivity contribution in [3.8, 4) is 34.2 Å². The maximum absolute atomic E-state index is 12.1. The van der Waals surface area contributed by atoms with E-state index in [4.69, 9.17) is 10.00 Å². The van der Waals surface area contributed by atoms with E-state index in [1.54, 1.807) is 24.3 Å². The van der Waals surface area contributed by atoms with Gasteiger partial charge < -0.3 is 4.74 Å². The molecular formula is C24H17N3O2S. The molecule has 0 bridgehead atoms. The lowest BCUT2D eigenvalue weighted by Gasteiger charge is -2.05. The molecule has 1 N–H and O–H groups in total. The smallest absolute Gasteiger partial charge is 0.264 e. The molecule has 1 heterocycles. The number of anilines is 1. The van der Waals surface area contributed by atoms with Crippen LogP contribution >= 0.6 is 11.3 Å². The van der Waals surface area contributed by atoms with Gasteiger partial charge in [-0.2, -0.15) is 5.26 Å². The van der Waals surface area contributed by atoms with Crippen molar-refractivity contribution in [2.75, 3.05) is 11.9 Å². The molecule has 6 heteroatoms. The molecule has 0 unspecified atom stereocenters. The lowest BCUT2D eigenvalue weighted by Crippen LogP contribution is -2.20. The number of carbonyl (C=O) groups is 1. The fourth-order valence-electron chi connectivity index (χ4n) is 2.86. The van der Waals surface area contributed by atoms with Crippen LogP contribution in [0.5, 0.6) is 5.75 Å². The number of nitrogens with zero attached hydrogens (tertiary/aromatic N) is 2. The van der Waals surface area contributed by atoms with Gasteiger partial charge in [-0.15, -0.1) is 11.3 Å². The first kappa shape index (κ1) is 19.4. The van der Waals surface area contributed by atoms with Crippen LogP contribution in [0.4, 0.5) is 5.13 Å². The van der Waals surface area contributed by atoms with E-state index in [1.807, 2.05) is 41.8 Å². The standard InChI is InChI=1S/C24H17N3O2S/c25-14-17-6-12-21(13-7-17)29-15-23(28)27-24-26-22(16-30-24)20-10-8-19(9-11-20)18-4-2-1-3-5-18/h1-13,16H,15H2,(H,26,27,28). The number of aromatic nitrogens is 1. The molecule has 1 amide bonds. The quantitative estimate of drug-likeness (QED) is 0.463. The number of amides is 1. The second kappa shape index (κ2) is 9.03. The maximum Gasteiger partial charge on any atom is 0.264 e. The van der Waals surface area contributed by atoms with Crippen molar-refractivity contribution < 1.29 is 9.53 Å². The molecule has 0 atom stereocenters. The number of benzene rings is 3. The Morgan fingerprint density at radius 2 is 1.60 bits per heavy atom. The van der Waals surface area contributed by atoms with Crippen LogP contribution < -0.4 is 10.1 Å². The number of ether oxygens (including phenoxy) is 1. The van der Waals surface area contributed by atoms with E-state index < -0.39 is 0 Å². The first-order valence-electron chi connectivity index (χ1n) is 9.25. The van der Waals surface area contributed by atoms with Crippen molar-refractivity contribution in [1.82, 2.24) is 4.98 Å². The van der Waals surface area contributed by atoms with Gasteiger partial charge >= 0.3 is 0 Å². The Morgan fingerprint density at radius 1 is 0.933 bits per heavy atom. The molecule has 0 aliphatic heterocycles. The predicted octanol–water partition coefficient (Wildman–Crippen LogP) is 5.37. The van der Waals surface area contributed by atoms with Gasteiger partial charge in [0.1, 0.15) is 5.75 Å². The first-order valence-corrected chi connectivity index (χ1v) is 10.1. The number of hydrogen-bond acceptors (Lipinski definition) is 5. The van der Waals surface area contributed by atoms with Crippen LogP contribution in [0.1, 0.15) is 5.56 Å². The number of nitriles is 1. The van der Waals surface area contributed by atoms with Gasteiger partial charge in [0.25, 0.3) is 5.91 Å². The summed E-state index contributed by atoms with van der Waals surface area (Å²) in [5.74, 6) is 0.238. The first-order chi connectivity index (χ1) is 14.7. The minimum atomic E-state index is -0.292. The van der Waals surface area contributed by atoms with Crippen LogP contribution in [0.15, 0.2) is 84.2 Å². The zero-order chi connectivity index (χ0) is 20.8. The van der Waals surface area contributed by atoms with Gasteiger partial charge in [0, 0.05) is 10.9 Å². The highest BCUT2D eigenvalue weighted by Gasteiger charge is 2.09. The van der Waals surface area contributed by atoms with Crippen molar-refractivity contribution >= 4 is 22.4 Å². The number of rotatable bonds is 6. The van der Waals surface area contributed by atoms with Gasteiger partial charge in [0.2, 0.25) is 0 Å². The van der Waals surface area contributed by atoms with E-state index in [0.29, 0.717) is 16.4 Å². The molecule has 4 aromatic rings. The molecule has 1 aromatic heterocycles. The number of hydrogen-bond donors (Lipinski definition) is 1. The Morgan fingerprint density at radius 3 is 2.30 bits per heavy atom. The molecule has 146 valence electrons. The third-order valence-electron chi connectivity index (χ3n) is 4.39. The summed E-state index contributed by atoms with van der Waals surface area (Å²) in [7, 11) is 0. The van der Waals surface area contributed by atoms with Gasteiger partial charge in [-0.25, -0.2) is 4.98 Å². The third kappa shape index (κ3) is 4.72. The van der Waals surface area contributed by atoms with Crippen molar-refractivity contribution in [3.63, 3.8) is 0 Å². The van der Waals surface area contributed by atoms with Gasteiger partial charge in [0.15, 0.2) is 11.7 Å². The lowest BCUT2D eigenvalue weighted by atomic mass is 10.0. The van der Waals surface area contributed by atoms with Gasteiger partial charge in [-0.1, -0.05) is 54.6 Å². The summed E-state index contributed by atoms with van der Waals surface area (Å²) in [6.45, 7) is -0.132. The highest BCUT2D eigenvalue weighted by molar-refractivity contribution is 7.14. The summed E-state index contributed by atoms with van der Waals surface area (Å²) in [6.07, 6.45) is 0. The van der Waals surface area contributed by atoms with Gasteiger partial charge in [-0.05, 0) is 35.4 Å².